The third kappa shape index (κ3) is 72.8. The van der Waals surface area contributed by atoms with Gasteiger partial charge in [-0.15, -0.1) is 0 Å². The Bertz CT molecular complexity index is 1890. The molecule has 19 heteroatoms. The summed E-state index contributed by atoms with van der Waals surface area (Å²) in [4.78, 5) is 73.0. The molecule has 0 aromatic rings. The van der Waals surface area contributed by atoms with E-state index in [0.29, 0.717) is 25.7 Å². The topological polar surface area (TPSA) is 237 Å². The van der Waals surface area contributed by atoms with Crippen molar-refractivity contribution >= 4 is 39.5 Å². The molecule has 588 valence electrons. The second-order valence-electron chi connectivity index (χ2n) is 29.1. The van der Waals surface area contributed by atoms with E-state index in [0.717, 1.165) is 95.8 Å². The summed E-state index contributed by atoms with van der Waals surface area (Å²) in [5.41, 5.74) is 0. The highest BCUT2D eigenvalue weighted by atomic mass is 31.2. The molecule has 0 saturated carbocycles. The fourth-order valence-corrected chi connectivity index (χ4v) is 14.0. The van der Waals surface area contributed by atoms with Gasteiger partial charge in [-0.05, 0) is 31.6 Å². The summed E-state index contributed by atoms with van der Waals surface area (Å²) in [6.07, 6.45) is 63.6. The maximum Gasteiger partial charge on any atom is 0.472 e. The van der Waals surface area contributed by atoms with Crippen LogP contribution in [0.25, 0.3) is 0 Å². The van der Waals surface area contributed by atoms with Gasteiger partial charge < -0.3 is 33.8 Å². The standard InChI is InChI=1S/C80H156O17P2/c1-6-10-13-16-19-22-25-28-31-32-33-35-38-41-44-51-56-61-66-80(85)96-75(69-90-77(82)63-58-53-48-42-39-37-34-29-26-23-20-17-14-11-7-2)71-94-98(86,87)92-67-74(81)68-93-99(88,89)95-72-76(70-91-78(83)64-59-54-49-46-45-47-52-57-62-73(5)9-4)97-79(84)65-60-55-50-43-40-36-30-27-24-21-18-15-12-8-3/h73-76,81H,6-72H2,1-5H3,(H,86,87)(H,88,89)/t73?,74-,75-,76-/m1/s1. The van der Waals surface area contributed by atoms with Crippen molar-refractivity contribution in [1.82, 2.24) is 0 Å². The molecule has 0 aromatic heterocycles. The Morgan fingerprint density at radius 1 is 0.283 bits per heavy atom. The van der Waals surface area contributed by atoms with Gasteiger partial charge in [0.15, 0.2) is 12.2 Å². The molecule has 0 spiro atoms. The van der Waals surface area contributed by atoms with Crippen molar-refractivity contribution in [3.05, 3.63) is 0 Å². The first-order valence-electron chi connectivity index (χ1n) is 41.7. The number of esters is 4. The lowest BCUT2D eigenvalue weighted by Crippen LogP contribution is -2.30. The molecular formula is C80H156O17P2. The minimum absolute atomic E-state index is 0.108. The molecule has 0 heterocycles. The van der Waals surface area contributed by atoms with Gasteiger partial charge in [-0.2, -0.15) is 0 Å². The smallest absolute Gasteiger partial charge is 0.462 e. The molecule has 0 fully saturated rings. The van der Waals surface area contributed by atoms with Gasteiger partial charge in [0.2, 0.25) is 0 Å². The number of hydrogen-bond acceptors (Lipinski definition) is 15. The number of phosphoric acid groups is 2. The largest absolute Gasteiger partial charge is 0.472 e. The van der Waals surface area contributed by atoms with Crippen molar-refractivity contribution in [1.29, 1.82) is 0 Å². The molecule has 99 heavy (non-hydrogen) atoms. The second kappa shape index (κ2) is 73.0. The minimum atomic E-state index is -4.96. The van der Waals surface area contributed by atoms with Crippen LogP contribution < -0.4 is 0 Å². The fraction of sp³-hybridized carbons (Fsp3) is 0.950. The van der Waals surface area contributed by atoms with Crippen LogP contribution in [-0.2, 0) is 65.4 Å². The Labute approximate surface area is 607 Å². The van der Waals surface area contributed by atoms with Crippen LogP contribution >= 0.6 is 15.6 Å². The normalized spacial score (nSPS) is 14.1. The van der Waals surface area contributed by atoms with E-state index in [9.17, 15) is 43.2 Å². The lowest BCUT2D eigenvalue weighted by Gasteiger charge is -2.21. The van der Waals surface area contributed by atoms with Crippen molar-refractivity contribution in [3.63, 3.8) is 0 Å². The third-order valence-corrected chi connectivity index (χ3v) is 21.0. The lowest BCUT2D eigenvalue weighted by atomic mass is 9.99. The molecule has 3 unspecified atom stereocenters. The summed E-state index contributed by atoms with van der Waals surface area (Å²) in [6, 6.07) is 0. The summed E-state index contributed by atoms with van der Waals surface area (Å²) in [6.45, 7) is 7.34. The van der Waals surface area contributed by atoms with Gasteiger partial charge >= 0.3 is 39.5 Å². The number of phosphoric ester groups is 2. The monoisotopic (exact) mass is 1450 g/mol. The zero-order valence-electron chi connectivity index (χ0n) is 64.6. The summed E-state index contributed by atoms with van der Waals surface area (Å²) >= 11 is 0. The van der Waals surface area contributed by atoms with Gasteiger partial charge in [0.25, 0.3) is 0 Å². The Morgan fingerprint density at radius 3 is 0.717 bits per heavy atom. The molecule has 3 N–H and O–H groups in total. The maximum absolute atomic E-state index is 13.1. The van der Waals surface area contributed by atoms with Crippen molar-refractivity contribution in [2.24, 2.45) is 5.92 Å². The van der Waals surface area contributed by atoms with Gasteiger partial charge in [0, 0.05) is 25.7 Å². The van der Waals surface area contributed by atoms with Gasteiger partial charge in [0.05, 0.1) is 26.4 Å². The predicted molar refractivity (Wildman–Crippen MR) is 405 cm³/mol. The number of hydrogen-bond donors (Lipinski definition) is 3. The molecule has 0 rings (SSSR count). The molecule has 0 bridgehead atoms. The molecule has 0 radical (unpaired) electrons. The van der Waals surface area contributed by atoms with Crippen LogP contribution in [0.4, 0.5) is 0 Å². The molecular weight excluding hydrogens is 1290 g/mol. The number of unbranched alkanes of at least 4 members (excludes halogenated alkanes) is 51. The Hall–Kier alpha value is -1.94. The molecule has 0 aliphatic rings. The summed E-state index contributed by atoms with van der Waals surface area (Å²) < 4.78 is 68.7. The number of carbonyl (C=O) groups excluding carboxylic acids is 4. The molecule has 0 aliphatic heterocycles. The van der Waals surface area contributed by atoms with Crippen LogP contribution in [0.2, 0.25) is 0 Å². The lowest BCUT2D eigenvalue weighted by molar-refractivity contribution is -0.161. The molecule has 6 atom stereocenters. The average molecular weight is 1450 g/mol. The van der Waals surface area contributed by atoms with Crippen LogP contribution in [0.1, 0.15) is 426 Å². The highest BCUT2D eigenvalue weighted by Gasteiger charge is 2.30. The summed E-state index contributed by atoms with van der Waals surface area (Å²) in [5, 5.41) is 10.6. The van der Waals surface area contributed by atoms with Crippen molar-refractivity contribution < 1.29 is 80.2 Å². The van der Waals surface area contributed by atoms with Gasteiger partial charge in [-0.3, -0.25) is 37.3 Å². The van der Waals surface area contributed by atoms with E-state index in [2.05, 4.69) is 34.6 Å². The Balaban J connectivity index is 5.26. The first-order chi connectivity index (χ1) is 48.1. The molecule has 17 nitrogen and oxygen atoms in total. The molecule has 0 aliphatic carbocycles. The highest BCUT2D eigenvalue weighted by Crippen LogP contribution is 2.45. The van der Waals surface area contributed by atoms with Crippen LogP contribution in [0.5, 0.6) is 0 Å². The van der Waals surface area contributed by atoms with Crippen LogP contribution in [0.3, 0.4) is 0 Å². The van der Waals surface area contributed by atoms with E-state index in [1.165, 1.54) is 250 Å². The molecule has 0 aromatic carbocycles. The van der Waals surface area contributed by atoms with E-state index >= 15 is 0 Å². The van der Waals surface area contributed by atoms with Gasteiger partial charge in [0.1, 0.15) is 19.3 Å². The average Bonchev–Trinajstić information content (AvgIpc) is 1.10. The molecule has 0 saturated heterocycles. The van der Waals surface area contributed by atoms with E-state index in [-0.39, 0.29) is 25.7 Å². The minimum Gasteiger partial charge on any atom is -0.462 e. The first kappa shape index (κ1) is 97.1. The van der Waals surface area contributed by atoms with E-state index in [1.807, 2.05) is 0 Å². The number of aliphatic hydroxyl groups is 1. The van der Waals surface area contributed by atoms with Crippen molar-refractivity contribution in [3.8, 4) is 0 Å². The first-order valence-corrected chi connectivity index (χ1v) is 44.7. The van der Waals surface area contributed by atoms with E-state index in [1.54, 1.807) is 0 Å². The SMILES string of the molecule is CCCCCCCCCCCCCCCCCCCCC(=O)O[C@H](COC(=O)CCCCCCCCCCCCCCCCC)COP(=O)(O)OC[C@@H](O)COP(=O)(O)OC[C@@H](COC(=O)CCCCCCCCCCC(C)CC)OC(=O)CCCCCCCCCCCCCCCC. The molecule has 0 amide bonds. The maximum atomic E-state index is 13.1. The fourth-order valence-electron chi connectivity index (χ4n) is 12.4. The van der Waals surface area contributed by atoms with E-state index < -0.39 is 97.5 Å². The Kier molecular flexibility index (Phi) is 71.6. The number of aliphatic hydroxyl groups excluding tert-OH is 1. The number of ether oxygens (including phenoxy) is 4. The van der Waals surface area contributed by atoms with Crippen LogP contribution in [0.15, 0.2) is 0 Å². The zero-order chi connectivity index (χ0) is 72.7. The highest BCUT2D eigenvalue weighted by molar-refractivity contribution is 7.47. The summed E-state index contributed by atoms with van der Waals surface area (Å²) in [7, 11) is -9.92. The van der Waals surface area contributed by atoms with Gasteiger partial charge in [-0.1, -0.05) is 375 Å². The second-order valence-corrected chi connectivity index (χ2v) is 32.0. The third-order valence-electron chi connectivity index (χ3n) is 19.1. The van der Waals surface area contributed by atoms with Crippen LogP contribution in [0, 0.1) is 5.92 Å². The predicted octanol–water partition coefficient (Wildman–Crippen LogP) is 24.0. The van der Waals surface area contributed by atoms with Crippen LogP contribution in [-0.4, -0.2) is 96.7 Å². The van der Waals surface area contributed by atoms with Crippen molar-refractivity contribution in [2.75, 3.05) is 39.6 Å². The number of carbonyl (C=O) groups is 4. The van der Waals surface area contributed by atoms with Gasteiger partial charge in [-0.25, -0.2) is 9.13 Å². The van der Waals surface area contributed by atoms with E-state index in [4.69, 9.17) is 37.0 Å². The number of rotatable bonds is 80. The zero-order valence-corrected chi connectivity index (χ0v) is 66.4. The summed E-state index contributed by atoms with van der Waals surface area (Å²) in [5.74, 6) is -1.33. The quantitative estimate of drug-likeness (QED) is 0.0222. The Morgan fingerprint density at radius 2 is 0.485 bits per heavy atom. The van der Waals surface area contributed by atoms with Crippen molar-refractivity contribution in [2.45, 2.75) is 445 Å².